The molecule has 0 radical (unpaired) electrons. The van der Waals surface area contributed by atoms with Crippen molar-refractivity contribution in [1.29, 1.82) is 0 Å². The molecule has 0 bridgehead atoms. The standard InChI is InChI=1S/C23H41N5O12/c1-2-18(29)24-3-9-39-11-12-40-10-4-25-19(30)13-27(15-21(33)34)7-5-26(14-20(31)32)6-8-28(16-22(35)36)17-23(37)38/h2-17H2,1H3,(H,24,29)(H,25,30)(H,31,32)(H,33,34)(H,35,36)(H,37,38). The van der Waals surface area contributed by atoms with Gasteiger partial charge in [-0.3, -0.25) is 43.5 Å². The predicted molar refractivity (Wildman–Crippen MR) is 138 cm³/mol. The van der Waals surface area contributed by atoms with E-state index < -0.39 is 56.0 Å². The average Bonchev–Trinajstić information content (AvgIpc) is 2.84. The molecule has 0 aliphatic carbocycles. The Kier molecular flexibility index (Phi) is 20.5. The number of nitrogens with one attached hydrogen (secondary N) is 2. The Morgan fingerprint density at radius 2 is 0.875 bits per heavy atom. The molecule has 0 atom stereocenters. The zero-order chi connectivity index (χ0) is 30.3. The van der Waals surface area contributed by atoms with Gasteiger partial charge in [-0.05, 0) is 0 Å². The lowest BCUT2D eigenvalue weighted by molar-refractivity contribution is -0.143. The number of aliphatic carboxylic acids is 4. The summed E-state index contributed by atoms with van der Waals surface area (Å²) in [6.07, 6.45) is 0.400. The summed E-state index contributed by atoms with van der Waals surface area (Å²) in [5.74, 6) is -5.38. The number of ether oxygens (including phenoxy) is 2. The van der Waals surface area contributed by atoms with Gasteiger partial charge in [-0.1, -0.05) is 6.92 Å². The summed E-state index contributed by atoms with van der Waals surface area (Å²) in [6.45, 7) is 1.14. The van der Waals surface area contributed by atoms with Crippen molar-refractivity contribution in [3.8, 4) is 0 Å². The highest BCUT2D eigenvalue weighted by molar-refractivity contribution is 5.79. The van der Waals surface area contributed by atoms with Gasteiger partial charge in [-0.25, -0.2) is 0 Å². The normalized spacial score (nSPS) is 11.1. The molecule has 0 aliphatic rings. The number of amides is 2. The van der Waals surface area contributed by atoms with Crippen LogP contribution in [0.4, 0.5) is 0 Å². The maximum absolute atomic E-state index is 12.3. The summed E-state index contributed by atoms with van der Waals surface area (Å²) in [7, 11) is 0. The van der Waals surface area contributed by atoms with Crippen molar-refractivity contribution < 1.29 is 58.7 Å². The number of nitrogens with zero attached hydrogens (tertiary/aromatic N) is 3. The van der Waals surface area contributed by atoms with E-state index in [4.69, 9.17) is 19.7 Å². The van der Waals surface area contributed by atoms with Crippen LogP contribution in [0, 0.1) is 0 Å². The van der Waals surface area contributed by atoms with Crippen LogP contribution in [0.5, 0.6) is 0 Å². The zero-order valence-electron chi connectivity index (χ0n) is 22.7. The minimum absolute atomic E-state index is 0.00833. The molecule has 17 heteroatoms. The molecule has 40 heavy (non-hydrogen) atoms. The fourth-order valence-corrected chi connectivity index (χ4v) is 3.26. The van der Waals surface area contributed by atoms with Gasteiger partial charge >= 0.3 is 23.9 Å². The molecule has 0 rings (SSSR count). The lowest BCUT2D eigenvalue weighted by Gasteiger charge is -2.27. The molecule has 0 aromatic rings. The van der Waals surface area contributed by atoms with Gasteiger partial charge in [0, 0.05) is 45.7 Å². The van der Waals surface area contributed by atoms with Crippen LogP contribution in [0.25, 0.3) is 0 Å². The van der Waals surface area contributed by atoms with Crippen LogP contribution in [-0.2, 0) is 38.2 Å². The van der Waals surface area contributed by atoms with E-state index in [0.717, 1.165) is 4.90 Å². The molecule has 0 saturated carbocycles. The number of rotatable bonds is 26. The Hall–Kier alpha value is -3.38. The molecule has 0 fully saturated rings. The van der Waals surface area contributed by atoms with Gasteiger partial charge in [0.2, 0.25) is 11.8 Å². The highest BCUT2D eigenvalue weighted by Gasteiger charge is 2.19. The Morgan fingerprint density at radius 3 is 1.27 bits per heavy atom. The van der Waals surface area contributed by atoms with Crippen LogP contribution in [0.15, 0.2) is 0 Å². The summed E-state index contributed by atoms with van der Waals surface area (Å²) in [6, 6.07) is 0. The van der Waals surface area contributed by atoms with E-state index in [1.165, 1.54) is 9.80 Å². The molecule has 6 N–H and O–H groups in total. The molecule has 0 aromatic heterocycles. The number of hydrogen-bond donors (Lipinski definition) is 6. The van der Waals surface area contributed by atoms with E-state index >= 15 is 0 Å². The van der Waals surface area contributed by atoms with E-state index in [1.54, 1.807) is 6.92 Å². The first-order chi connectivity index (χ1) is 18.9. The largest absolute Gasteiger partial charge is 0.480 e. The van der Waals surface area contributed by atoms with Crippen LogP contribution < -0.4 is 10.6 Å². The monoisotopic (exact) mass is 579 g/mol. The predicted octanol–water partition coefficient (Wildman–Crippen LogP) is -3.09. The fraction of sp³-hybridized carbons (Fsp3) is 0.739. The molecular formula is C23H41N5O12. The number of hydrogen-bond acceptors (Lipinski definition) is 11. The molecule has 2 amide bonds. The first-order valence-corrected chi connectivity index (χ1v) is 12.7. The Balaban J connectivity index is 4.54. The van der Waals surface area contributed by atoms with Crippen molar-refractivity contribution in [3.63, 3.8) is 0 Å². The van der Waals surface area contributed by atoms with Gasteiger partial charge in [0.15, 0.2) is 0 Å². The smallest absolute Gasteiger partial charge is 0.317 e. The third kappa shape index (κ3) is 22.6. The summed E-state index contributed by atoms with van der Waals surface area (Å²) in [5.41, 5.74) is 0. The Morgan fingerprint density at radius 1 is 0.525 bits per heavy atom. The third-order valence-corrected chi connectivity index (χ3v) is 5.10. The summed E-state index contributed by atoms with van der Waals surface area (Å²) >= 11 is 0. The maximum atomic E-state index is 12.3. The number of carbonyl (C=O) groups excluding carboxylic acids is 2. The molecule has 0 aliphatic heterocycles. The van der Waals surface area contributed by atoms with Crippen LogP contribution in [0.1, 0.15) is 13.3 Å². The highest BCUT2D eigenvalue weighted by atomic mass is 16.5. The van der Waals surface area contributed by atoms with Crippen LogP contribution in [0.3, 0.4) is 0 Å². The second-order valence-corrected chi connectivity index (χ2v) is 8.55. The Bertz CT molecular complexity index is 797. The first-order valence-electron chi connectivity index (χ1n) is 12.7. The lowest BCUT2D eigenvalue weighted by Crippen LogP contribution is -2.46. The highest BCUT2D eigenvalue weighted by Crippen LogP contribution is 1.97. The minimum Gasteiger partial charge on any atom is -0.480 e. The molecular weight excluding hydrogens is 538 g/mol. The minimum atomic E-state index is -1.24. The molecule has 0 aromatic carbocycles. The van der Waals surface area contributed by atoms with Crippen LogP contribution in [0.2, 0.25) is 0 Å². The van der Waals surface area contributed by atoms with Gasteiger partial charge in [0.25, 0.3) is 0 Å². The molecule has 0 spiro atoms. The van der Waals surface area contributed by atoms with E-state index in [-0.39, 0.29) is 58.4 Å². The van der Waals surface area contributed by atoms with E-state index in [0.29, 0.717) is 26.2 Å². The molecule has 0 unspecified atom stereocenters. The maximum Gasteiger partial charge on any atom is 0.317 e. The summed E-state index contributed by atoms with van der Waals surface area (Å²) in [4.78, 5) is 71.7. The van der Waals surface area contributed by atoms with Crippen LogP contribution in [-0.4, -0.2) is 169 Å². The average molecular weight is 580 g/mol. The molecule has 0 heterocycles. The first kappa shape index (κ1) is 36.6. The van der Waals surface area contributed by atoms with Gasteiger partial charge in [0.05, 0.1) is 59.2 Å². The molecule has 230 valence electrons. The van der Waals surface area contributed by atoms with Crippen molar-refractivity contribution in [2.45, 2.75) is 13.3 Å². The molecule has 0 saturated heterocycles. The van der Waals surface area contributed by atoms with Crippen molar-refractivity contribution in [2.75, 3.05) is 98.4 Å². The van der Waals surface area contributed by atoms with Crippen molar-refractivity contribution in [2.24, 2.45) is 0 Å². The van der Waals surface area contributed by atoms with E-state index in [1.807, 2.05) is 0 Å². The summed E-state index contributed by atoms with van der Waals surface area (Å²) in [5, 5.41) is 41.5. The number of carboxylic acid groups (broad SMARTS) is 4. The topological polar surface area (TPSA) is 236 Å². The lowest BCUT2D eigenvalue weighted by atomic mass is 10.3. The zero-order valence-corrected chi connectivity index (χ0v) is 22.7. The SMILES string of the molecule is CCC(=O)NCCOCCOCCNC(=O)CN(CCN(CCN(CC(=O)O)CC(=O)O)CC(=O)O)CC(=O)O. The van der Waals surface area contributed by atoms with Gasteiger partial charge < -0.3 is 40.5 Å². The van der Waals surface area contributed by atoms with Gasteiger partial charge in [-0.15, -0.1) is 0 Å². The summed E-state index contributed by atoms with van der Waals surface area (Å²) < 4.78 is 10.6. The fourth-order valence-electron chi connectivity index (χ4n) is 3.26. The van der Waals surface area contributed by atoms with Crippen molar-refractivity contribution in [1.82, 2.24) is 25.3 Å². The number of carboxylic acids is 4. The third-order valence-electron chi connectivity index (χ3n) is 5.10. The van der Waals surface area contributed by atoms with Crippen LogP contribution >= 0.6 is 0 Å². The van der Waals surface area contributed by atoms with E-state index in [9.17, 15) is 39.0 Å². The Labute approximate surface area is 232 Å². The molecule has 17 nitrogen and oxygen atoms in total. The van der Waals surface area contributed by atoms with Crippen molar-refractivity contribution in [3.05, 3.63) is 0 Å². The van der Waals surface area contributed by atoms with Crippen molar-refractivity contribution >= 4 is 35.7 Å². The second-order valence-electron chi connectivity index (χ2n) is 8.55. The van der Waals surface area contributed by atoms with E-state index in [2.05, 4.69) is 10.6 Å². The van der Waals surface area contributed by atoms with Gasteiger partial charge in [-0.2, -0.15) is 0 Å². The number of carbonyl (C=O) groups is 6. The van der Waals surface area contributed by atoms with Gasteiger partial charge in [0.1, 0.15) is 0 Å². The quantitative estimate of drug-likeness (QED) is 0.0557. The second kappa shape index (κ2) is 22.4.